The third-order valence-corrected chi connectivity index (χ3v) is 7.62. The highest BCUT2D eigenvalue weighted by Crippen LogP contribution is 2.47. The largest absolute Gasteiger partial charge is 0.352 e. The molecule has 180 valence electrons. The van der Waals surface area contributed by atoms with Crippen molar-refractivity contribution < 1.29 is 9.59 Å². The third-order valence-electron chi connectivity index (χ3n) is 6.35. The van der Waals surface area contributed by atoms with Crippen LogP contribution in [0.15, 0.2) is 70.4 Å². The molecule has 1 amide bonds. The van der Waals surface area contributed by atoms with Crippen molar-refractivity contribution in [3.63, 3.8) is 0 Å². The second-order valence-corrected chi connectivity index (χ2v) is 11.1. The van der Waals surface area contributed by atoms with Crippen molar-refractivity contribution in [1.82, 2.24) is 5.32 Å². The second-order valence-electron chi connectivity index (χ2n) is 9.64. The fraction of sp³-hybridized carbons (Fsp3) is 0.321. The number of Topliss-reactive ketones (excluding diaryl/α,β-unsaturated/α-hetero) is 1. The summed E-state index contributed by atoms with van der Waals surface area (Å²) in [4.78, 5) is 26.1. The zero-order valence-corrected chi connectivity index (χ0v) is 21.6. The number of para-hydroxylation sites is 1. The van der Waals surface area contributed by atoms with E-state index in [1.807, 2.05) is 43.3 Å². The molecule has 1 heterocycles. The van der Waals surface area contributed by atoms with Gasteiger partial charge in [-0.15, -0.1) is 0 Å². The minimum atomic E-state index is -0.483. The standard InChI is InChI=1S/C28H28ClN3O2S/c1-4-17-7-5-6-8-21(17)31-24(34)16-35-27-20(15-30)25(18-9-11-19(29)12-10-18)26-22(32-27)13-28(2,3)14-23(26)33/h5-12,25,32H,4,13-14,16H2,1-3H3,(H,31,34). The molecule has 1 atom stereocenters. The molecule has 7 heteroatoms. The van der Waals surface area contributed by atoms with Crippen LogP contribution in [0.4, 0.5) is 5.69 Å². The van der Waals surface area contributed by atoms with Crippen molar-refractivity contribution in [1.29, 1.82) is 5.26 Å². The van der Waals surface area contributed by atoms with E-state index >= 15 is 0 Å². The number of ketones is 1. The maximum atomic E-state index is 13.3. The summed E-state index contributed by atoms with van der Waals surface area (Å²) < 4.78 is 0. The van der Waals surface area contributed by atoms with E-state index in [0.717, 1.165) is 28.9 Å². The van der Waals surface area contributed by atoms with E-state index < -0.39 is 5.92 Å². The molecule has 0 spiro atoms. The Morgan fingerprint density at radius 2 is 1.91 bits per heavy atom. The van der Waals surface area contributed by atoms with Crippen LogP contribution in [-0.2, 0) is 16.0 Å². The summed E-state index contributed by atoms with van der Waals surface area (Å²) in [5.41, 5.74) is 4.46. The third kappa shape index (κ3) is 5.47. The Balaban J connectivity index is 1.64. The Morgan fingerprint density at radius 1 is 1.20 bits per heavy atom. The normalized spacial score (nSPS) is 19.1. The van der Waals surface area contributed by atoms with Gasteiger partial charge in [-0.3, -0.25) is 9.59 Å². The number of hydrogen-bond donors (Lipinski definition) is 2. The number of amides is 1. The highest BCUT2D eigenvalue weighted by atomic mass is 35.5. The highest BCUT2D eigenvalue weighted by molar-refractivity contribution is 8.03. The summed E-state index contributed by atoms with van der Waals surface area (Å²) in [6.07, 6.45) is 1.94. The van der Waals surface area contributed by atoms with Crippen molar-refractivity contribution >= 4 is 40.7 Å². The lowest BCUT2D eigenvalue weighted by Gasteiger charge is -2.39. The first-order valence-electron chi connectivity index (χ1n) is 11.7. The number of carbonyl (C=O) groups excluding carboxylic acids is 2. The van der Waals surface area contributed by atoms with Gasteiger partial charge in [-0.1, -0.05) is 74.5 Å². The van der Waals surface area contributed by atoms with Gasteiger partial charge >= 0.3 is 0 Å². The first kappa shape index (κ1) is 25.1. The van der Waals surface area contributed by atoms with Gasteiger partial charge in [-0.25, -0.2) is 0 Å². The van der Waals surface area contributed by atoms with Crippen molar-refractivity contribution in [2.75, 3.05) is 11.1 Å². The van der Waals surface area contributed by atoms with Crippen LogP contribution >= 0.6 is 23.4 Å². The summed E-state index contributed by atoms with van der Waals surface area (Å²) in [7, 11) is 0. The number of nitrogens with one attached hydrogen (secondary N) is 2. The van der Waals surface area contributed by atoms with E-state index in [9.17, 15) is 14.9 Å². The van der Waals surface area contributed by atoms with Gasteiger partial charge in [-0.2, -0.15) is 5.26 Å². The molecule has 2 aromatic rings. The number of dihydropyridines is 1. The van der Waals surface area contributed by atoms with Crippen LogP contribution in [0, 0.1) is 16.7 Å². The number of nitrogens with zero attached hydrogens (tertiary/aromatic N) is 1. The Bertz CT molecular complexity index is 1270. The van der Waals surface area contributed by atoms with Gasteiger partial charge in [0.2, 0.25) is 5.91 Å². The van der Waals surface area contributed by atoms with Crippen LogP contribution in [0.3, 0.4) is 0 Å². The van der Waals surface area contributed by atoms with E-state index in [-0.39, 0.29) is 22.9 Å². The molecule has 0 radical (unpaired) electrons. The summed E-state index contributed by atoms with van der Waals surface area (Å²) in [6.45, 7) is 6.19. The molecule has 0 bridgehead atoms. The predicted octanol–water partition coefficient (Wildman–Crippen LogP) is 6.34. The molecule has 2 aromatic carbocycles. The van der Waals surface area contributed by atoms with Gasteiger partial charge in [0, 0.05) is 28.4 Å². The fourth-order valence-corrected chi connectivity index (χ4v) is 5.74. The SMILES string of the molecule is CCc1ccccc1NC(=O)CSC1=C(C#N)C(c2ccc(Cl)cc2)C2=C(CC(C)(C)CC2=O)N1. The Morgan fingerprint density at radius 3 is 2.60 bits per heavy atom. The fourth-order valence-electron chi connectivity index (χ4n) is 4.75. The van der Waals surface area contributed by atoms with Crippen LogP contribution in [0.5, 0.6) is 0 Å². The second kappa shape index (κ2) is 10.3. The Labute approximate surface area is 215 Å². The van der Waals surface area contributed by atoms with E-state index in [0.29, 0.717) is 34.0 Å². The average Bonchev–Trinajstić information content (AvgIpc) is 2.82. The topological polar surface area (TPSA) is 82.0 Å². The van der Waals surface area contributed by atoms with Crippen LogP contribution in [0.1, 0.15) is 50.7 Å². The van der Waals surface area contributed by atoms with E-state index in [2.05, 4.69) is 30.6 Å². The number of halogens is 1. The maximum absolute atomic E-state index is 13.3. The number of rotatable bonds is 6. The molecule has 2 N–H and O–H groups in total. The molecule has 2 aliphatic rings. The van der Waals surface area contributed by atoms with Gasteiger partial charge in [0.15, 0.2) is 5.78 Å². The lowest BCUT2D eigenvalue weighted by atomic mass is 9.69. The number of aryl methyl sites for hydroxylation is 1. The number of benzene rings is 2. The Kier molecular flexibility index (Phi) is 7.39. The van der Waals surface area contributed by atoms with Gasteiger partial charge in [0.25, 0.3) is 0 Å². The number of allylic oxidation sites excluding steroid dienone is 3. The zero-order chi connectivity index (χ0) is 25.2. The molecule has 1 aliphatic carbocycles. The molecule has 0 saturated heterocycles. The van der Waals surface area contributed by atoms with Crippen LogP contribution < -0.4 is 10.6 Å². The number of nitriles is 1. The first-order chi connectivity index (χ1) is 16.7. The van der Waals surface area contributed by atoms with Crippen molar-refractivity contribution in [2.45, 2.75) is 46.0 Å². The molecular formula is C28H28ClN3O2S. The summed E-state index contributed by atoms with van der Waals surface area (Å²) in [6, 6.07) is 17.3. The van der Waals surface area contributed by atoms with Gasteiger partial charge in [0.05, 0.1) is 28.3 Å². The van der Waals surface area contributed by atoms with Crippen LogP contribution in [0.2, 0.25) is 5.02 Å². The predicted molar refractivity (Wildman–Crippen MR) is 142 cm³/mol. The van der Waals surface area contributed by atoms with Gasteiger partial charge in [0.1, 0.15) is 0 Å². The zero-order valence-electron chi connectivity index (χ0n) is 20.1. The van der Waals surface area contributed by atoms with Crippen molar-refractivity contribution in [2.24, 2.45) is 5.41 Å². The van der Waals surface area contributed by atoms with Crippen LogP contribution in [-0.4, -0.2) is 17.4 Å². The Hall–Kier alpha value is -3.01. The summed E-state index contributed by atoms with van der Waals surface area (Å²) >= 11 is 7.40. The molecule has 0 aromatic heterocycles. The first-order valence-corrected chi connectivity index (χ1v) is 13.0. The van der Waals surface area contributed by atoms with Crippen molar-refractivity contribution in [3.05, 3.63) is 86.6 Å². The lowest BCUT2D eigenvalue weighted by Crippen LogP contribution is -2.37. The molecule has 35 heavy (non-hydrogen) atoms. The van der Waals surface area contributed by atoms with E-state index in [1.54, 1.807) is 12.1 Å². The minimum Gasteiger partial charge on any atom is -0.352 e. The lowest BCUT2D eigenvalue weighted by molar-refractivity contribution is -0.118. The number of thioether (sulfide) groups is 1. The van der Waals surface area contributed by atoms with Gasteiger partial charge < -0.3 is 10.6 Å². The monoisotopic (exact) mass is 505 g/mol. The molecular weight excluding hydrogens is 478 g/mol. The van der Waals surface area contributed by atoms with E-state index in [1.165, 1.54) is 11.8 Å². The average molecular weight is 506 g/mol. The summed E-state index contributed by atoms with van der Waals surface area (Å²) in [5.74, 6) is -0.443. The van der Waals surface area contributed by atoms with Crippen LogP contribution in [0.25, 0.3) is 0 Å². The molecule has 0 fully saturated rings. The smallest absolute Gasteiger partial charge is 0.234 e. The summed E-state index contributed by atoms with van der Waals surface area (Å²) in [5, 5.41) is 17.7. The minimum absolute atomic E-state index is 0.0504. The number of anilines is 1. The molecule has 1 aliphatic heterocycles. The molecule has 0 saturated carbocycles. The number of carbonyl (C=O) groups is 2. The molecule has 4 rings (SSSR count). The van der Waals surface area contributed by atoms with Crippen molar-refractivity contribution in [3.8, 4) is 6.07 Å². The highest BCUT2D eigenvalue weighted by Gasteiger charge is 2.41. The number of hydrogen-bond acceptors (Lipinski definition) is 5. The van der Waals surface area contributed by atoms with Gasteiger partial charge in [-0.05, 0) is 47.6 Å². The quantitative estimate of drug-likeness (QED) is 0.478. The molecule has 5 nitrogen and oxygen atoms in total. The van der Waals surface area contributed by atoms with E-state index in [4.69, 9.17) is 11.6 Å². The molecule has 1 unspecified atom stereocenters. The maximum Gasteiger partial charge on any atom is 0.234 e.